The first kappa shape index (κ1) is 15.1. The molecule has 0 bridgehead atoms. The predicted octanol–water partition coefficient (Wildman–Crippen LogP) is 0.809. The van der Waals surface area contributed by atoms with Crippen molar-refractivity contribution in [2.75, 3.05) is 19.3 Å². The fourth-order valence-electron chi connectivity index (χ4n) is 1.55. The molecule has 0 aliphatic carbocycles. The lowest BCUT2D eigenvalue weighted by Crippen LogP contribution is -2.26. The predicted molar refractivity (Wildman–Crippen MR) is 72.8 cm³/mol. The second kappa shape index (κ2) is 7.45. The standard InChI is InChI=1S/C12H21N3O2S/c1-11-6-5-7-12(15-11)10-14-18(16,17)9-4-3-8-13-2/h5-7,13-14H,3-4,8-10H2,1-2H3. The molecule has 0 aromatic carbocycles. The van der Waals surface area contributed by atoms with Crippen LogP contribution in [0.4, 0.5) is 0 Å². The molecule has 1 aromatic rings. The Morgan fingerprint density at radius 1 is 1.28 bits per heavy atom. The van der Waals surface area contributed by atoms with E-state index in [9.17, 15) is 8.42 Å². The van der Waals surface area contributed by atoms with Gasteiger partial charge >= 0.3 is 0 Å². The van der Waals surface area contributed by atoms with Crippen LogP contribution >= 0.6 is 0 Å². The molecule has 1 rings (SSSR count). The molecule has 0 amide bonds. The number of aromatic nitrogens is 1. The van der Waals surface area contributed by atoms with Gasteiger partial charge in [0.1, 0.15) is 0 Å². The third kappa shape index (κ3) is 6.09. The maximum absolute atomic E-state index is 11.7. The fourth-order valence-corrected chi connectivity index (χ4v) is 2.64. The van der Waals surface area contributed by atoms with Crippen molar-refractivity contribution in [3.8, 4) is 0 Å². The van der Waals surface area contributed by atoms with Gasteiger partial charge in [0.05, 0.1) is 18.0 Å². The molecule has 5 nitrogen and oxygen atoms in total. The van der Waals surface area contributed by atoms with Gasteiger partial charge in [-0.05, 0) is 45.5 Å². The molecule has 0 radical (unpaired) electrons. The van der Waals surface area contributed by atoms with Gasteiger partial charge in [-0.2, -0.15) is 0 Å². The zero-order valence-electron chi connectivity index (χ0n) is 10.9. The summed E-state index contributed by atoms with van der Waals surface area (Å²) in [6.45, 7) is 2.99. The molecule has 0 aliphatic rings. The third-order valence-corrected chi connectivity index (χ3v) is 3.92. The lowest BCUT2D eigenvalue weighted by molar-refractivity contribution is 0.574. The summed E-state index contributed by atoms with van der Waals surface area (Å²) < 4.78 is 26.0. The van der Waals surface area contributed by atoms with Crippen molar-refractivity contribution in [2.45, 2.75) is 26.3 Å². The fraction of sp³-hybridized carbons (Fsp3) is 0.583. The van der Waals surface area contributed by atoms with E-state index >= 15 is 0 Å². The van der Waals surface area contributed by atoms with Gasteiger partial charge in [0.15, 0.2) is 0 Å². The highest BCUT2D eigenvalue weighted by Gasteiger charge is 2.09. The molecular weight excluding hydrogens is 250 g/mol. The Balaban J connectivity index is 2.37. The number of nitrogens with zero attached hydrogens (tertiary/aromatic N) is 1. The highest BCUT2D eigenvalue weighted by Crippen LogP contribution is 2.00. The van der Waals surface area contributed by atoms with E-state index < -0.39 is 10.0 Å². The Labute approximate surface area is 109 Å². The van der Waals surface area contributed by atoms with Crippen LogP contribution in [-0.2, 0) is 16.6 Å². The molecule has 0 spiro atoms. The van der Waals surface area contributed by atoms with Gasteiger partial charge in [-0.3, -0.25) is 4.98 Å². The van der Waals surface area contributed by atoms with E-state index in [0.717, 1.165) is 24.4 Å². The minimum absolute atomic E-state index is 0.167. The Morgan fingerprint density at radius 2 is 2.06 bits per heavy atom. The normalized spacial score (nSPS) is 11.7. The SMILES string of the molecule is CNCCCCS(=O)(=O)NCc1cccc(C)n1. The molecule has 0 aliphatic heterocycles. The molecule has 1 heterocycles. The Hall–Kier alpha value is -0.980. The van der Waals surface area contributed by atoms with Gasteiger partial charge < -0.3 is 5.32 Å². The zero-order chi connectivity index (χ0) is 13.4. The number of rotatable bonds is 8. The summed E-state index contributed by atoms with van der Waals surface area (Å²) in [6, 6.07) is 5.57. The molecule has 0 atom stereocenters. The van der Waals surface area contributed by atoms with Crippen LogP contribution in [0.3, 0.4) is 0 Å². The molecule has 0 fully saturated rings. The number of pyridine rings is 1. The summed E-state index contributed by atoms with van der Waals surface area (Å²) >= 11 is 0. The molecule has 0 saturated carbocycles. The van der Waals surface area contributed by atoms with E-state index in [1.807, 2.05) is 32.2 Å². The minimum atomic E-state index is -3.19. The number of unbranched alkanes of at least 4 members (excludes halogenated alkanes) is 1. The minimum Gasteiger partial charge on any atom is -0.320 e. The van der Waals surface area contributed by atoms with Gasteiger partial charge in [-0.25, -0.2) is 13.1 Å². The number of hydrogen-bond acceptors (Lipinski definition) is 4. The zero-order valence-corrected chi connectivity index (χ0v) is 11.8. The van der Waals surface area contributed by atoms with E-state index in [1.165, 1.54) is 0 Å². The Bertz CT molecular complexity index is 460. The average molecular weight is 271 g/mol. The second-order valence-corrected chi connectivity index (χ2v) is 6.15. The van der Waals surface area contributed by atoms with Crippen LogP contribution in [0.5, 0.6) is 0 Å². The van der Waals surface area contributed by atoms with Gasteiger partial charge in [0.25, 0.3) is 0 Å². The molecule has 0 saturated heterocycles. The molecule has 6 heteroatoms. The van der Waals surface area contributed by atoms with E-state index in [1.54, 1.807) is 0 Å². The number of hydrogen-bond donors (Lipinski definition) is 2. The summed E-state index contributed by atoms with van der Waals surface area (Å²) in [7, 11) is -1.33. The first-order valence-electron chi connectivity index (χ1n) is 6.08. The lowest BCUT2D eigenvalue weighted by atomic mass is 10.3. The van der Waals surface area contributed by atoms with Crippen LogP contribution in [0.1, 0.15) is 24.2 Å². The van der Waals surface area contributed by atoms with Crippen LogP contribution in [-0.4, -0.2) is 32.7 Å². The van der Waals surface area contributed by atoms with Crippen molar-refractivity contribution in [3.05, 3.63) is 29.6 Å². The number of nitrogens with one attached hydrogen (secondary N) is 2. The molecule has 1 aromatic heterocycles. The van der Waals surface area contributed by atoms with E-state index in [-0.39, 0.29) is 12.3 Å². The summed E-state index contributed by atoms with van der Waals surface area (Å²) in [6.07, 6.45) is 1.53. The molecule has 18 heavy (non-hydrogen) atoms. The van der Waals surface area contributed by atoms with E-state index in [2.05, 4.69) is 15.0 Å². The highest BCUT2D eigenvalue weighted by molar-refractivity contribution is 7.89. The van der Waals surface area contributed by atoms with Crippen molar-refractivity contribution >= 4 is 10.0 Å². The smallest absolute Gasteiger partial charge is 0.211 e. The first-order chi connectivity index (χ1) is 8.53. The van der Waals surface area contributed by atoms with Crippen LogP contribution in [0.2, 0.25) is 0 Å². The molecule has 102 valence electrons. The largest absolute Gasteiger partial charge is 0.320 e. The van der Waals surface area contributed by atoms with Gasteiger partial charge in [0, 0.05) is 5.69 Å². The monoisotopic (exact) mass is 271 g/mol. The maximum Gasteiger partial charge on any atom is 0.211 e. The van der Waals surface area contributed by atoms with Gasteiger partial charge in [-0.1, -0.05) is 6.07 Å². The van der Waals surface area contributed by atoms with Crippen molar-refractivity contribution < 1.29 is 8.42 Å². The molecule has 0 unspecified atom stereocenters. The van der Waals surface area contributed by atoms with Crippen molar-refractivity contribution in [1.82, 2.24) is 15.0 Å². The van der Waals surface area contributed by atoms with Crippen molar-refractivity contribution in [1.29, 1.82) is 0 Å². The summed E-state index contributed by atoms with van der Waals surface area (Å²) in [4.78, 5) is 4.25. The summed E-state index contributed by atoms with van der Waals surface area (Å²) in [5.74, 6) is 0.167. The maximum atomic E-state index is 11.7. The summed E-state index contributed by atoms with van der Waals surface area (Å²) in [5, 5.41) is 2.99. The highest BCUT2D eigenvalue weighted by atomic mass is 32.2. The lowest BCUT2D eigenvalue weighted by Gasteiger charge is -2.06. The van der Waals surface area contributed by atoms with Crippen LogP contribution in [0.25, 0.3) is 0 Å². The van der Waals surface area contributed by atoms with E-state index in [0.29, 0.717) is 6.42 Å². The van der Waals surface area contributed by atoms with Gasteiger partial charge in [-0.15, -0.1) is 0 Å². The Morgan fingerprint density at radius 3 is 2.72 bits per heavy atom. The van der Waals surface area contributed by atoms with Crippen LogP contribution in [0, 0.1) is 6.92 Å². The third-order valence-electron chi connectivity index (χ3n) is 2.51. The van der Waals surface area contributed by atoms with Gasteiger partial charge in [0.2, 0.25) is 10.0 Å². The Kier molecular flexibility index (Phi) is 6.24. The molecular formula is C12H21N3O2S. The first-order valence-corrected chi connectivity index (χ1v) is 7.73. The van der Waals surface area contributed by atoms with E-state index in [4.69, 9.17) is 0 Å². The van der Waals surface area contributed by atoms with Crippen LogP contribution < -0.4 is 10.0 Å². The quantitative estimate of drug-likeness (QED) is 0.686. The van der Waals surface area contributed by atoms with Crippen molar-refractivity contribution in [3.63, 3.8) is 0 Å². The summed E-state index contributed by atoms with van der Waals surface area (Å²) in [5.41, 5.74) is 1.63. The topological polar surface area (TPSA) is 71.1 Å². The van der Waals surface area contributed by atoms with Crippen molar-refractivity contribution in [2.24, 2.45) is 0 Å². The average Bonchev–Trinajstić information content (AvgIpc) is 2.33. The number of sulfonamides is 1. The second-order valence-electron chi connectivity index (χ2n) is 4.22. The molecule has 2 N–H and O–H groups in total. The van der Waals surface area contributed by atoms with Crippen LogP contribution in [0.15, 0.2) is 18.2 Å². The number of aryl methyl sites for hydroxylation is 1.